The van der Waals surface area contributed by atoms with E-state index in [-0.39, 0.29) is 18.0 Å². The summed E-state index contributed by atoms with van der Waals surface area (Å²) in [4.78, 5) is 0. The summed E-state index contributed by atoms with van der Waals surface area (Å²) in [7, 11) is 1.98. The SMILES string of the molecule is CNCCOC1(c2ccccc2C)CCCCC1C.Cl. The predicted molar refractivity (Wildman–Crippen MR) is 87.6 cm³/mol. The van der Waals surface area contributed by atoms with Crippen LogP contribution in [0.4, 0.5) is 0 Å². The first-order chi connectivity index (χ1) is 9.20. The molecule has 0 heterocycles. The molecule has 1 fully saturated rings. The van der Waals surface area contributed by atoms with E-state index in [0.29, 0.717) is 5.92 Å². The predicted octanol–water partition coefficient (Wildman–Crippen LogP) is 4.06. The van der Waals surface area contributed by atoms with E-state index in [1.165, 1.54) is 30.4 Å². The van der Waals surface area contributed by atoms with Crippen molar-refractivity contribution in [1.29, 1.82) is 0 Å². The Morgan fingerprint density at radius 2 is 2.05 bits per heavy atom. The van der Waals surface area contributed by atoms with Crippen LogP contribution in [0.3, 0.4) is 0 Å². The molecule has 0 aromatic heterocycles. The molecule has 114 valence electrons. The highest BCUT2D eigenvalue weighted by atomic mass is 35.5. The van der Waals surface area contributed by atoms with E-state index >= 15 is 0 Å². The Labute approximate surface area is 129 Å². The zero-order valence-electron chi connectivity index (χ0n) is 12.9. The minimum absolute atomic E-state index is 0. The van der Waals surface area contributed by atoms with Gasteiger partial charge in [-0.25, -0.2) is 0 Å². The van der Waals surface area contributed by atoms with Crippen LogP contribution < -0.4 is 5.32 Å². The fourth-order valence-corrected chi connectivity index (χ4v) is 3.39. The number of likely N-dealkylation sites (N-methyl/N-ethyl adjacent to an activating group) is 1. The average Bonchev–Trinajstić information content (AvgIpc) is 2.42. The summed E-state index contributed by atoms with van der Waals surface area (Å²) in [5, 5.41) is 3.18. The maximum absolute atomic E-state index is 6.43. The highest BCUT2D eigenvalue weighted by Gasteiger charge is 2.41. The third kappa shape index (κ3) is 3.55. The Bertz CT molecular complexity index is 410. The van der Waals surface area contributed by atoms with Crippen LogP contribution in [0.25, 0.3) is 0 Å². The average molecular weight is 298 g/mol. The van der Waals surface area contributed by atoms with E-state index < -0.39 is 0 Å². The van der Waals surface area contributed by atoms with Crippen LogP contribution in [0, 0.1) is 12.8 Å². The smallest absolute Gasteiger partial charge is 0.0959 e. The van der Waals surface area contributed by atoms with Gasteiger partial charge in [-0.05, 0) is 43.9 Å². The van der Waals surface area contributed by atoms with E-state index in [0.717, 1.165) is 19.6 Å². The fraction of sp³-hybridized carbons (Fsp3) is 0.647. The number of halogens is 1. The number of hydrogen-bond acceptors (Lipinski definition) is 2. The third-order valence-electron chi connectivity index (χ3n) is 4.54. The minimum atomic E-state index is -0.0690. The molecule has 3 heteroatoms. The van der Waals surface area contributed by atoms with Crippen molar-refractivity contribution >= 4 is 12.4 Å². The molecule has 1 aromatic carbocycles. The lowest BCUT2D eigenvalue weighted by atomic mass is 9.71. The normalized spacial score (nSPS) is 26.1. The summed E-state index contributed by atoms with van der Waals surface area (Å²) in [6.45, 7) is 6.26. The van der Waals surface area contributed by atoms with Crippen LogP contribution in [0.5, 0.6) is 0 Å². The number of hydrogen-bond donors (Lipinski definition) is 1. The number of rotatable bonds is 5. The number of nitrogens with one attached hydrogen (secondary N) is 1. The molecule has 1 saturated carbocycles. The molecule has 0 radical (unpaired) electrons. The highest BCUT2D eigenvalue weighted by molar-refractivity contribution is 5.85. The van der Waals surface area contributed by atoms with Gasteiger partial charge in [-0.1, -0.05) is 44.0 Å². The van der Waals surface area contributed by atoms with Crippen molar-refractivity contribution in [3.05, 3.63) is 35.4 Å². The maximum atomic E-state index is 6.43. The van der Waals surface area contributed by atoms with Gasteiger partial charge >= 0.3 is 0 Å². The summed E-state index contributed by atoms with van der Waals surface area (Å²) in [6.07, 6.45) is 5.04. The number of benzene rings is 1. The van der Waals surface area contributed by atoms with Gasteiger partial charge < -0.3 is 10.1 Å². The molecule has 2 atom stereocenters. The molecule has 0 aliphatic heterocycles. The van der Waals surface area contributed by atoms with Gasteiger partial charge in [-0.3, -0.25) is 0 Å². The second-order valence-corrected chi connectivity index (χ2v) is 5.80. The van der Waals surface area contributed by atoms with Crippen molar-refractivity contribution in [2.75, 3.05) is 20.2 Å². The van der Waals surface area contributed by atoms with E-state index in [4.69, 9.17) is 4.74 Å². The molecule has 0 spiro atoms. The van der Waals surface area contributed by atoms with E-state index in [2.05, 4.69) is 43.4 Å². The maximum Gasteiger partial charge on any atom is 0.0959 e. The molecule has 0 saturated heterocycles. The van der Waals surface area contributed by atoms with Crippen molar-refractivity contribution in [2.45, 2.75) is 45.1 Å². The summed E-state index contributed by atoms with van der Waals surface area (Å²) >= 11 is 0. The highest BCUT2D eigenvalue weighted by Crippen LogP contribution is 2.45. The van der Waals surface area contributed by atoms with Gasteiger partial charge in [0.25, 0.3) is 0 Å². The first kappa shape index (κ1) is 17.5. The molecule has 2 nitrogen and oxygen atoms in total. The number of aryl methyl sites for hydroxylation is 1. The molecular weight excluding hydrogens is 270 g/mol. The Balaban J connectivity index is 0.00000200. The molecule has 2 unspecified atom stereocenters. The lowest BCUT2D eigenvalue weighted by Gasteiger charge is -2.44. The quantitative estimate of drug-likeness (QED) is 0.828. The zero-order valence-corrected chi connectivity index (χ0v) is 13.8. The lowest BCUT2D eigenvalue weighted by molar-refractivity contribution is -0.109. The van der Waals surface area contributed by atoms with Crippen LogP contribution in [-0.4, -0.2) is 20.2 Å². The van der Waals surface area contributed by atoms with Gasteiger partial charge in [0, 0.05) is 6.54 Å². The molecular formula is C17H28ClNO. The van der Waals surface area contributed by atoms with Gasteiger partial charge in [-0.15, -0.1) is 12.4 Å². The van der Waals surface area contributed by atoms with Gasteiger partial charge in [0.2, 0.25) is 0 Å². The molecule has 0 amide bonds. The summed E-state index contributed by atoms with van der Waals surface area (Å²) in [5.41, 5.74) is 2.69. The summed E-state index contributed by atoms with van der Waals surface area (Å²) in [5.74, 6) is 0.596. The summed E-state index contributed by atoms with van der Waals surface area (Å²) < 4.78 is 6.43. The molecule has 1 aromatic rings. The third-order valence-corrected chi connectivity index (χ3v) is 4.54. The Kier molecular flexibility index (Phi) is 7.01. The van der Waals surface area contributed by atoms with Crippen molar-refractivity contribution in [2.24, 2.45) is 5.92 Å². The van der Waals surface area contributed by atoms with Crippen molar-refractivity contribution in [3.63, 3.8) is 0 Å². The second kappa shape index (κ2) is 8.02. The van der Waals surface area contributed by atoms with Gasteiger partial charge in [-0.2, -0.15) is 0 Å². The van der Waals surface area contributed by atoms with Crippen LogP contribution in [-0.2, 0) is 10.3 Å². The first-order valence-corrected chi connectivity index (χ1v) is 7.55. The largest absolute Gasteiger partial charge is 0.369 e. The van der Waals surface area contributed by atoms with E-state index in [1.54, 1.807) is 0 Å². The monoisotopic (exact) mass is 297 g/mol. The van der Waals surface area contributed by atoms with E-state index in [1.807, 2.05) is 7.05 Å². The van der Waals surface area contributed by atoms with Crippen LogP contribution in [0.1, 0.15) is 43.7 Å². The number of ether oxygens (including phenoxy) is 1. The molecule has 0 bridgehead atoms. The Morgan fingerprint density at radius 1 is 1.30 bits per heavy atom. The molecule has 1 aliphatic rings. The van der Waals surface area contributed by atoms with Crippen LogP contribution in [0.15, 0.2) is 24.3 Å². The Morgan fingerprint density at radius 3 is 2.70 bits per heavy atom. The Hall–Kier alpha value is -0.570. The van der Waals surface area contributed by atoms with Gasteiger partial charge in [0.15, 0.2) is 0 Å². The molecule has 2 rings (SSSR count). The van der Waals surface area contributed by atoms with Crippen molar-refractivity contribution in [3.8, 4) is 0 Å². The van der Waals surface area contributed by atoms with Crippen LogP contribution in [0.2, 0.25) is 0 Å². The molecule has 20 heavy (non-hydrogen) atoms. The lowest BCUT2D eigenvalue weighted by Crippen LogP contribution is -2.41. The molecule has 1 aliphatic carbocycles. The standard InChI is InChI=1S/C17H27NO.ClH/c1-14-8-4-5-10-16(14)17(19-13-12-18-3)11-7-6-9-15(17)2;/h4-5,8,10,15,18H,6-7,9,11-13H2,1-3H3;1H. The van der Waals surface area contributed by atoms with Crippen molar-refractivity contribution in [1.82, 2.24) is 5.32 Å². The molecule has 1 N–H and O–H groups in total. The van der Waals surface area contributed by atoms with Gasteiger partial charge in [0.1, 0.15) is 0 Å². The topological polar surface area (TPSA) is 21.3 Å². The second-order valence-electron chi connectivity index (χ2n) is 5.80. The fourth-order valence-electron chi connectivity index (χ4n) is 3.39. The zero-order chi connectivity index (χ0) is 13.7. The first-order valence-electron chi connectivity index (χ1n) is 7.55. The van der Waals surface area contributed by atoms with E-state index in [9.17, 15) is 0 Å². The van der Waals surface area contributed by atoms with Gasteiger partial charge in [0.05, 0.1) is 12.2 Å². The summed E-state index contributed by atoms with van der Waals surface area (Å²) in [6, 6.07) is 8.73. The van der Waals surface area contributed by atoms with Crippen LogP contribution >= 0.6 is 12.4 Å². The minimum Gasteiger partial charge on any atom is -0.369 e. The van der Waals surface area contributed by atoms with Crippen molar-refractivity contribution < 1.29 is 4.74 Å².